The van der Waals surface area contributed by atoms with Crippen LogP contribution in [0.25, 0.3) is 16.6 Å². The van der Waals surface area contributed by atoms with E-state index in [2.05, 4.69) is 13.8 Å². The lowest BCUT2D eigenvalue weighted by atomic mass is 10.0. The van der Waals surface area contributed by atoms with Gasteiger partial charge < -0.3 is 4.57 Å². The minimum absolute atomic E-state index is 0.263. The van der Waals surface area contributed by atoms with Gasteiger partial charge in [-0.1, -0.05) is 32.0 Å². The molecule has 0 aliphatic carbocycles. The van der Waals surface area contributed by atoms with E-state index in [1.165, 1.54) is 12.1 Å². The van der Waals surface area contributed by atoms with Crippen molar-refractivity contribution in [3.05, 3.63) is 66.1 Å². The highest BCUT2D eigenvalue weighted by atomic mass is 19.1. The van der Waals surface area contributed by atoms with E-state index in [0.29, 0.717) is 6.17 Å². The first-order valence-corrected chi connectivity index (χ1v) is 6.45. The third kappa shape index (κ3) is 2.03. The minimum Gasteiger partial charge on any atom is -0.316 e. The number of halogens is 1. The lowest BCUT2D eigenvalue weighted by molar-refractivity contribution is 0.627. The molecule has 19 heavy (non-hydrogen) atoms. The summed E-state index contributed by atoms with van der Waals surface area (Å²) in [5.41, 5.74) is 2.84. The van der Waals surface area contributed by atoms with Crippen molar-refractivity contribution in [2.75, 3.05) is 0 Å². The number of hydrogen-bond donors (Lipinski definition) is 0. The molecular formula is C17H16FN. The fourth-order valence-corrected chi connectivity index (χ4v) is 2.37. The molecule has 0 spiro atoms. The van der Waals surface area contributed by atoms with Gasteiger partial charge in [-0.15, -0.1) is 0 Å². The average molecular weight is 254 g/mol. The van der Waals surface area contributed by atoms with E-state index in [9.17, 15) is 4.39 Å². The van der Waals surface area contributed by atoms with Gasteiger partial charge >= 0.3 is 0 Å². The van der Waals surface area contributed by atoms with Gasteiger partial charge in [0.05, 0.1) is 6.89 Å². The van der Waals surface area contributed by atoms with Crippen molar-refractivity contribution in [3.8, 4) is 5.69 Å². The summed E-state index contributed by atoms with van der Waals surface area (Å²) in [7, 11) is 0. The zero-order chi connectivity index (χ0) is 14.3. The molecule has 0 saturated carbocycles. The van der Waals surface area contributed by atoms with Gasteiger partial charge in [0.2, 0.25) is 0 Å². The number of hydrogen-bond acceptors (Lipinski definition) is 0. The standard InChI is InChI=1S/C17H16FN/c1-12(2)16-11-19(14-9-7-13(18)8-10-14)17-6-4-3-5-15(16)17/h3-12H,1-2H3/i11D. The summed E-state index contributed by atoms with van der Waals surface area (Å²) in [6.45, 7) is 4.18. The quantitative estimate of drug-likeness (QED) is 0.613. The second-order valence-electron chi connectivity index (χ2n) is 5.01. The van der Waals surface area contributed by atoms with E-state index >= 15 is 0 Å². The first kappa shape index (κ1) is 10.8. The Morgan fingerprint density at radius 2 is 1.74 bits per heavy atom. The third-order valence-corrected chi connectivity index (χ3v) is 3.33. The molecule has 0 radical (unpaired) electrons. The van der Waals surface area contributed by atoms with E-state index in [4.69, 9.17) is 1.37 Å². The highest BCUT2D eigenvalue weighted by Gasteiger charge is 2.11. The van der Waals surface area contributed by atoms with Crippen molar-refractivity contribution in [2.24, 2.45) is 0 Å². The van der Waals surface area contributed by atoms with Gasteiger partial charge in [0.15, 0.2) is 0 Å². The lowest BCUT2D eigenvalue weighted by Crippen LogP contribution is -1.91. The Morgan fingerprint density at radius 1 is 1.05 bits per heavy atom. The monoisotopic (exact) mass is 254 g/mol. The van der Waals surface area contributed by atoms with Crippen molar-refractivity contribution in [1.82, 2.24) is 4.57 Å². The summed E-state index contributed by atoms with van der Waals surface area (Å²) < 4.78 is 23.4. The predicted octanol–water partition coefficient (Wildman–Crippen LogP) is 4.89. The zero-order valence-electron chi connectivity index (χ0n) is 12.0. The molecule has 0 saturated heterocycles. The molecule has 0 aliphatic rings. The first-order chi connectivity index (χ1) is 9.59. The van der Waals surface area contributed by atoms with Crippen LogP contribution in [0.1, 0.15) is 26.7 Å². The molecule has 0 aliphatic heterocycles. The summed E-state index contributed by atoms with van der Waals surface area (Å²) in [6, 6.07) is 14.3. The van der Waals surface area contributed by atoms with Gasteiger partial charge in [-0.2, -0.15) is 0 Å². The molecule has 0 fully saturated rings. The molecule has 96 valence electrons. The van der Waals surface area contributed by atoms with Crippen LogP contribution in [0.2, 0.25) is 0 Å². The van der Waals surface area contributed by atoms with Gasteiger partial charge in [0.1, 0.15) is 5.82 Å². The fourth-order valence-electron chi connectivity index (χ4n) is 2.37. The van der Waals surface area contributed by atoms with Gasteiger partial charge in [0, 0.05) is 17.2 Å². The first-order valence-electron chi connectivity index (χ1n) is 6.95. The molecule has 3 aromatic rings. The molecular weight excluding hydrogens is 237 g/mol. The van der Waals surface area contributed by atoms with Crippen LogP contribution < -0.4 is 0 Å². The van der Waals surface area contributed by atoms with E-state index in [1.807, 2.05) is 28.8 Å². The smallest absolute Gasteiger partial charge is 0.123 e. The highest BCUT2D eigenvalue weighted by Crippen LogP contribution is 2.29. The molecule has 0 bridgehead atoms. The van der Waals surface area contributed by atoms with Gasteiger partial charge in [-0.3, -0.25) is 0 Å². The minimum atomic E-state index is -0.263. The largest absolute Gasteiger partial charge is 0.316 e. The summed E-state index contributed by atoms with van der Waals surface area (Å²) in [5, 5.41) is 1.09. The van der Waals surface area contributed by atoms with Crippen LogP contribution >= 0.6 is 0 Å². The highest BCUT2D eigenvalue weighted by molar-refractivity contribution is 5.86. The van der Waals surface area contributed by atoms with Crippen molar-refractivity contribution in [1.29, 1.82) is 0 Å². The van der Waals surface area contributed by atoms with Crippen molar-refractivity contribution in [3.63, 3.8) is 0 Å². The second-order valence-corrected chi connectivity index (χ2v) is 5.01. The number of benzene rings is 2. The number of aromatic nitrogens is 1. The van der Waals surface area contributed by atoms with Gasteiger partial charge in [-0.25, -0.2) is 4.39 Å². The summed E-state index contributed by atoms with van der Waals surface area (Å²) in [4.78, 5) is 0. The number of para-hydroxylation sites is 1. The second kappa shape index (κ2) is 4.54. The molecule has 0 N–H and O–H groups in total. The third-order valence-electron chi connectivity index (χ3n) is 3.33. The van der Waals surface area contributed by atoms with E-state index in [-0.39, 0.29) is 11.7 Å². The number of fused-ring (bicyclic) bond motifs is 1. The van der Waals surface area contributed by atoms with Crippen molar-refractivity contribution in [2.45, 2.75) is 19.8 Å². The molecule has 3 rings (SSSR count). The van der Waals surface area contributed by atoms with Crippen LogP contribution in [0.3, 0.4) is 0 Å². The van der Waals surface area contributed by atoms with E-state index < -0.39 is 0 Å². The summed E-state index contributed by atoms with van der Waals surface area (Å²) >= 11 is 0. The summed E-state index contributed by atoms with van der Waals surface area (Å²) in [5.74, 6) is 0.00919. The number of nitrogens with zero attached hydrogens (tertiary/aromatic N) is 1. The number of rotatable bonds is 2. The van der Waals surface area contributed by atoms with Gasteiger partial charge in [-0.05, 0) is 41.8 Å². The van der Waals surface area contributed by atoms with Crippen LogP contribution in [-0.4, -0.2) is 4.57 Å². The van der Waals surface area contributed by atoms with Crippen molar-refractivity contribution < 1.29 is 5.76 Å². The Kier molecular flexibility index (Phi) is 2.58. The Bertz CT molecular complexity index is 757. The maximum absolute atomic E-state index is 13.1. The fraction of sp³-hybridized carbons (Fsp3) is 0.176. The molecule has 0 unspecified atom stereocenters. The maximum atomic E-state index is 13.1. The zero-order valence-corrected chi connectivity index (χ0v) is 11.0. The van der Waals surface area contributed by atoms with Crippen LogP contribution in [0.4, 0.5) is 4.39 Å². The molecule has 0 amide bonds. The van der Waals surface area contributed by atoms with E-state index in [0.717, 1.165) is 22.2 Å². The SMILES string of the molecule is [2H]c1c(C(C)C)c2ccccc2n1-c1ccc(F)cc1. The van der Waals surface area contributed by atoms with Crippen molar-refractivity contribution >= 4 is 10.9 Å². The summed E-state index contributed by atoms with van der Waals surface area (Å²) in [6.07, 6.45) is 0.479. The Morgan fingerprint density at radius 3 is 2.42 bits per heavy atom. The normalized spacial score (nSPS) is 12.1. The maximum Gasteiger partial charge on any atom is 0.123 e. The van der Waals surface area contributed by atoms with Crippen LogP contribution in [-0.2, 0) is 0 Å². The molecule has 1 heterocycles. The Balaban J connectivity index is 2.35. The molecule has 0 atom stereocenters. The Hall–Kier alpha value is -2.09. The average Bonchev–Trinajstić information content (AvgIpc) is 2.72. The predicted molar refractivity (Wildman–Crippen MR) is 77.3 cm³/mol. The molecule has 2 heteroatoms. The van der Waals surface area contributed by atoms with E-state index in [1.54, 1.807) is 12.1 Å². The van der Waals surface area contributed by atoms with Crippen LogP contribution in [0.15, 0.2) is 54.7 Å². The van der Waals surface area contributed by atoms with Crippen LogP contribution in [0, 0.1) is 5.82 Å². The topological polar surface area (TPSA) is 4.93 Å². The molecule has 1 nitrogen and oxygen atoms in total. The molecule has 1 aromatic heterocycles. The Labute approximate surface area is 113 Å². The van der Waals surface area contributed by atoms with Crippen LogP contribution in [0.5, 0.6) is 0 Å². The molecule has 2 aromatic carbocycles. The van der Waals surface area contributed by atoms with Gasteiger partial charge in [0.25, 0.3) is 0 Å². The lowest BCUT2D eigenvalue weighted by Gasteiger charge is -2.04.